The Labute approximate surface area is 403 Å². The van der Waals surface area contributed by atoms with Crippen molar-refractivity contribution in [1.82, 2.24) is 9.91 Å². The molecule has 3 aromatic rings. The molecule has 5 bridgehead atoms. The minimum Gasteiger partial charge on any atom is -0.507 e. The smallest absolute Gasteiger partial charge is 0.312 e. The van der Waals surface area contributed by atoms with Crippen LogP contribution in [0.4, 0.5) is 5.69 Å². The van der Waals surface area contributed by atoms with E-state index in [1.54, 1.807) is 47.0 Å². The zero-order valence-electron chi connectivity index (χ0n) is 41.5. The van der Waals surface area contributed by atoms with E-state index in [2.05, 4.69) is 10.2 Å². The average molecular weight is 957 g/mol. The Bertz CT molecular complexity index is 2540. The van der Waals surface area contributed by atoms with Crippen molar-refractivity contribution in [1.29, 1.82) is 0 Å². The van der Waals surface area contributed by atoms with Crippen molar-refractivity contribution >= 4 is 40.3 Å². The van der Waals surface area contributed by atoms with Crippen molar-refractivity contribution in [3.63, 3.8) is 0 Å². The number of nitrogens with one attached hydrogen (secondary N) is 1. The van der Waals surface area contributed by atoms with Crippen LogP contribution in [-0.4, -0.2) is 129 Å². The third kappa shape index (κ3) is 10.6. The average Bonchev–Trinajstić information content (AvgIpc) is 3.57. The maximum atomic E-state index is 14.7. The second kappa shape index (κ2) is 21.2. The van der Waals surface area contributed by atoms with Gasteiger partial charge >= 0.3 is 11.8 Å². The van der Waals surface area contributed by atoms with Crippen LogP contribution in [0.25, 0.3) is 10.8 Å². The number of anilines is 1. The number of ketones is 1. The third-order valence-corrected chi connectivity index (χ3v) is 13.8. The van der Waals surface area contributed by atoms with Crippen molar-refractivity contribution in [3.8, 4) is 28.7 Å². The van der Waals surface area contributed by atoms with Gasteiger partial charge in [0, 0.05) is 80.8 Å². The monoisotopic (exact) mass is 956 g/mol. The number of phenolic OH excluding ortho intramolecular Hbond substituents is 3. The first kappa shape index (κ1) is 52.2. The Balaban J connectivity index is 1.47. The van der Waals surface area contributed by atoms with Gasteiger partial charge in [-0.2, -0.15) is 5.10 Å². The molecule has 1 saturated heterocycles. The summed E-state index contributed by atoms with van der Waals surface area (Å²) in [5, 5.41) is 68.2. The van der Waals surface area contributed by atoms with Gasteiger partial charge in [0.1, 0.15) is 29.1 Å². The Morgan fingerprint density at radius 1 is 0.928 bits per heavy atom. The van der Waals surface area contributed by atoms with Crippen LogP contribution >= 0.6 is 0 Å². The second-order valence-electron chi connectivity index (χ2n) is 19.0. The van der Waals surface area contributed by atoms with Crippen LogP contribution in [0.3, 0.4) is 0 Å². The second-order valence-corrected chi connectivity index (χ2v) is 19.0. The van der Waals surface area contributed by atoms with Gasteiger partial charge in [0.05, 0.1) is 72.2 Å². The van der Waals surface area contributed by atoms with Gasteiger partial charge in [0.15, 0.2) is 5.75 Å². The number of Topliss-reactive ketones (excluding diaryl/α,β-unsaturated/α-hetero) is 1. The lowest BCUT2D eigenvalue weighted by Gasteiger charge is -2.42. The quantitative estimate of drug-likeness (QED) is 0.0627. The highest BCUT2D eigenvalue weighted by atomic mass is 16.7. The molecule has 17 heteroatoms. The van der Waals surface area contributed by atoms with Gasteiger partial charge < -0.3 is 54.5 Å². The number of allylic oxidation sites excluding steroid dienone is 2. The van der Waals surface area contributed by atoms with Gasteiger partial charge in [-0.1, -0.05) is 58.1 Å². The summed E-state index contributed by atoms with van der Waals surface area (Å²) >= 11 is 0. The molecule has 4 heterocycles. The molecule has 1 amide bonds. The molecule has 0 aliphatic carbocycles. The van der Waals surface area contributed by atoms with Crippen LogP contribution in [0.5, 0.6) is 28.7 Å². The first-order valence-corrected chi connectivity index (χ1v) is 23.3. The number of amides is 1. The molecule has 4 aliphatic heterocycles. The van der Waals surface area contributed by atoms with Crippen molar-refractivity contribution in [3.05, 3.63) is 82.7 Å². The fourth-order valence-corrected chi connectivity index (χ4v) is 9.81. The van der Waals surface area contributed by atoms with Crippen LogP contribution in [0.2, 0.25) is 0 Å². The van der Waals surface area contributed by atoms with Crippen LogP contribution in [0, 0.1) is 30.6 Å². The van der Waals surface area contributed by atoms with E-state index in [4.69, 9.17) is 28.8 Å². The van der Waals surface area contributed by atoms with E-state index in [1.807, 2.05) is 43.1 Å². The number of piperazine rings is 1. The Morgan fingerprint density at radius 2 is 1.61 bits per heavy atom. The molecule has 0 spiro atoms. The molecule has 0 radical (unpaired) electrons. The predicted molar refractivity (Wildman–Crippen MR) is 260 cm³/mol. The molecule has 11 atom stereocenters. The highest BCUT2D eigenvalue weighted by Crippen LogP contribution is 2.55. The highest BCUT2D eigenvalue weighted by molar-refractivity contribution is 6.23. The number of hydrazone groups is 1. The number of nitrogens with zero attached hydrogens (tertiary/aromatic N) is 3. The summed E-state index contributed by atoms with van der Waals surface area (Å²) in [6.07, 6.45) is 4.84. The number of esters is 1. The number of aromatic hydroxyl groups is 3. The largest absolute Gasteiger partial charge is 0.507 e. The maximum absolute atomic E-state index is 14.7. The van der Waals surface area contributed by atoms with Gasteiger partial charge in [0.25, 0.3) is 11.7 Å². The van der Waals surface area contributed by atoms with Crippen molar-refractivity contribution < 1.29 is 63.6 Å². The highest BCUT2D eigenvalue weighted by Gasteiger charge is 2.50. The number of aliphatic hydroxyl groups is 2. The van der Waals surface area contributed by atoms with E-state index in [0.29, 0.717) is 19.6 Å². The van der Waals surface area contributed by atoms with Gasteiger partial charge in [0.2, 0.25) is 0 Å². The molecule has 11 unspecified atom stereocenters. The third-order valence-electron chi connectivity index (χ3n) is 13.8. The Kier molecular flexibility index (Phi) is 16.1. The summed E-state index contributed by atoms with van der Waals surface area (Å²) in [6, 6.07) is 7.59. The summed E-state index contributed by atoms with van der Waals surface area (Å²) in [4.78, 5) is 43.4. The normalized spacial score (nSPS) is 31.2. The molecule has 0 aromatic heterocycles. The van der Waals surface area contributed by atoms with E-state index in [-0.39, 0.29) is 56.6 Å². The molecule has 0 saturated carbocycles. The van der Waals surface area contributed by atoms with E-state index in [9.17, 15) is 39.9 Å². The van der Waals surface area contributed by atoms with Crippen LogP contribution < -0.4 is 14.8 Å². The van der Waals surface area contributed by atoms with Crippen LogP contribution in [0.1, 0.15) is 89.4 Å². The number of carbonyl (C=O) groups excluding carboxylic acids is 3. The van der Waals surface area contributed by atoms with E-state index >= 15 is 0 Å². The number of aliphatic hydroxyl groups excluding tert-OH is 2. The number of phenols is 3. The van der Waals surface area contributed by atoms with Crippen molar-refractivity contribution in [2.45, 2.75) is 118 Å². The van der Waals surface area contributed by atoms with E-state index < -0.39 is 88.8 Å². The number of rotatable bonds is 7. The number of fused-ring (bicyclic) bond motifs is 14. The first-order valence-electron chi connectivity index (χ1n) is 23.3. The lowest BCUT2D eigenvalue weighted by Crippen LogP contribution is -2.54. The van der Waals surface area contributed by atoms with Crippen molar-refractivity contribution in [2.24, 2.45) is 28.8 Å². The van der Waals surface area contributed by atoms with Gasteiger partial charge in [-0.3, -0.25) is 24.3 Å². The maximum Gasteiger partial charge on any atom is 0.312 e. The first-order chi connectivity index (χ1) is 32.5. The lowest BCUT2D eigenvalue weighted by atomic mass is 9.78. The summed E-state index contributed by atoms with van der Waals surface area (Å²) < 4.78 is 29.2. The summed E-state index contributed by atoms with van der Waals surface area (Å²) in [5.41, 5.74) is 0.652. The fourth-order valence-electron chi connectivity index (χ4n) is 9.81. The molecule has 374 valence electrons. The zero-order chi connectivity index (χ0) is 50.8. The van der Waals surface area contributed by atoms with Gasteiger partial charge in [-0.15, -0.1) is 0 Å². The fraction of sp³-hybridized carbons (Fsp3) is 0.500. The summed E-state index contributed by atoms with van der Waals surface area (Å²) in [5.74, 6) is -7.77. The van der Waals surface area contributed by atoms with Crippen molar-refractivity contribution in [2.75, 3.05) is 32.6 Å². The topological polar surface area (TPSA) is 229 Å². The predicted octanol–water partition coefficient (Wildman–Crippen LogP) is 6.69. The SMILES string of the molecule is COc1cccc(CN2CC(C)N(/N=C/c3c4c(O)c5c(O)c(C)c6c(c5c3O)C(=O)C(C)(O/C=C/C(OC)C(C)C(OC(C)=O)C(C)C(O)C(C)C(O)C(C)/C=C/C=C(/C)C(=O)N4)O6)C(C)C2)c1. The minimum atomic E-state index is -2.07. The molecule has 69 heavy (non-hydrogen) atoms. The summed E-state index contributed by atoms with van der Waals surface area (Å²) in [7, 11) is 3.07. The zero-order valence-corrected chi connectivity index (χ0v) is 41.5. The molecule has 6 N–H and O–H groups in total. The Morgan fingerprint density at radius 3 is 2.25 bits per heavy atom. The van der Waals surface area contributed by atoms with Gasteiger partial charge in [-0.05, 0) is 51.5 Å². The number of hydrogen-bond donors (Lipinski definition) is 6. The standard InChI is InChI=1S/C52H68N4O13/c1-26-15-13-16-27(2)51(64)54-42-37(22-53-56-28(3)23-55(24-29(56)4)25-35-17-14-18-36(21-35)65-11)46(61)39-40(47(42)62)45(60)33(8)49-41(39)50(63)52(10,69-49)67-20-19-38(66-12)30(5)48(68-34(9)57)32(7)44(59)31(6)43(26)58/h13-22,26,28-32,38,43-44,48,58-62H,23-25H2,1-12H3,(H,54,64)/b15-13+,20-19+,27-16-,53-22+. The molecule has 17 nitrogen and oxygen atoms in total. The molecule has 3 aromatic carbocycles. The number of hydrogen-bond acceptors (Lipinski definition) is 16. The van der Waals surface area contributed by atoms with Crippen LogP contribution in [-0.2, 0) is 30.3 Å². The molecule has 7 rings (SSSR count). The number of methoxy groups -OCH3 is 2. The van der Waals surface area contributed by atoms with E-state index in [1.165, 1.54) is 59.4 Å². The minimum absolute atomic E-state index is 0.0439. The molecule has 1 fully saturated rings. The summed E-state index contributed by atoms with van der Waals surface area (Å²) in [6.45, 7) is 18.5. The number of ether oxygens (including phenoxy) is 5. The van der Waals surface area contributed by atoms with Crippen LogP contribution in [0.15, 0.2) is 65.5 Å². The number of carbonyl (C=O) groups is 3. The van der Waals surface area contributed by atoms with Gasteiger partial charge in [-0.25, -0.2) is 0 Å². The number of benzene rings is 3. The molecular formula is C52H68N4O13. The molecular weight excluding hydrogens is 889 g/mol. The molecule has 4 aliphatic rings. The van der Waals surface area contributed by atoms with E-state index in [0.717, 1.165) is 11.3 Å². The Hall–Kier alpha value is -6.14. The lowest BCUT2D eigenvalue weighted by molar-refractivity contribution is -0.160.